The zero-order valence-electron chi connectivity index (χ0n) is 8.63. The molecule has 0 heterocycles. The van der Waals surface area contributed by atoms with Gasteiger partial charge in [0.25, 0.3) is 0 Å². The first-order valence-electron chi connectivity index (χ1n) is 4.92. The Labute approximate surface area is 129 Å². The minimum Gasteiger partial charge on any atom is -0.113 e. The standard InChI is InChI=1S/C13H8Cl3I/c14-9-3-6-11(12(15)7-9)13(16)8-1-4-10(17)5-2-8/h1-7,13H. The van der Waals surface area contributed by atoms with Crippen LogP contribution in [0.3, 0.4) is 0 Å². The van der Waals surface area contributed by atoms with Gasteiger partial charge in [-0.25, -0.2) is 0 Å². The molecule has 2 aromatic carbocycles. The highest BCUT2D eigenvalue weighted by molar-refractivity contribution is 14.1. The smallest absolute Gasteiger partial charge is 0.0849 e. The lowest BCUT2D eigenvalue weighted by molar-refractivity contribution is 1.14. The lowest BCUT2D eigenvalue weighted by atomic mass is 10.0. The first kappa shape index (κ1) is 13.5. The SMILES string of the molecule is Clc1ccc(C(Cl)c2ccc(I)cc2)c(Cl)c1. The first-order valence-corrected chi connectivity index (χ1v) is 7.19. The average molecular weight is 397 g/mol. The molecule has 0 amide bonds. The Morgan fingerprint density at radius 2 is 1.59 bits per heavy atom. The summed E-state index contributed by atoms with van der Waals surface area (Å²) in [6, 6.07) is 13.4. The third kappa shape index (κ3) is 3.28. The van der Waals surface area contributed by atoms with Gasteiger partial charge in [0.2, 0.25) is 0 Å². The van der Waals surface area contributed by atoms with Gasteiger partial charge in [-0.15, -0.1) is 11.6 Å². The summed E-state index contributed by atoms with van der Waals surface area (Å²) in [5.41, 5.74) is 1.90. The van der Waals surface area contributed by atoms with Crippen LogP contribution in [0, 0.1) is 3.57 Å². The zero-order valence-corrected chi connectivity index (χ0v) is 13.1. The van der Waals surface area contributed by atoms with E-state index in [4.69, 9.17) is 34.8 Å². The molecule has 0 aromatic heterocycles. The summed E-state index contributed by atoms with van der Waals surface area (Å²) in [7, 11) is 0. The summed E-state index contributed by atoms with van der Waals surface area (Å²) >= 11 is 20.7. The zero-order chi connectivity index (χ0) is 12.4. The molecule has 2 aromatic rings. The van der Waals surface area contributed by atoms with Crippen LogP contribution in [0.25, 0.3) is 0 Å². The highest BCUT2D eigenvalue weighted by atomic mass is 127. The molecule has 0 radical (unpaired) electrons. The third-order valence-electron chi connectivity index (χ3n) is 2.40. The molecule has 2 rings (SSSR count). The van der Waals surface area contributed by atoms with E-state index < -0.39 is 0 Å². The molecule has 0 aliphatic heterocycles. The lowest BCUT2D eigenvalue weighted by Crippen LogP contribution is -1.94. The van der Waals surface area contributed by atoms with Crippen LogP contribution in [0.2, 0.25) is 10.0 Å². The molecule has 1 unspecified atom stereocenters. The van der Waals surface area contributed by atoms with Crippen LogP contribution in [0.15, 0.2) is 42.5 Å². The monoisotopic (exact) mass is 396 g/mol. The number of halogens is 4. The molecule has 0 nitrogen and oxygen atoms in total. The molecule has 0 saturated heterocycles. The van der Waals surface area contributed by atoms with Crippen molar-refractivity contribution in [2.75, 3.05) is 0 Å². The maximum absolute atomic E-state index is 6.41. The van der Waals surface area contributed by atoms with Crippen LogP contribution in [-0.4, -0.2) is 0 Å². The van der Waals surface area contributed by atoms with E-state index >= 15 is 0 Å². The number of benzene rings is 2. The minimum absolute atomic E-state index is 0.253. The van der Waals surface area contributed by atoms with E-state index in [0.717, 1.165) is 11.1 Å². The van der Waals surface area contributed by atoms with Crippen molar-refractivity contribution in [3.05, 3.63) is 67.2 Å². The van der Waals surface area contributed by atoms with E-state index in [-0.39, 0.29) is 5.38 Å². The predicted octanol–water partition coefficient (Wildman–Crippen LogP) is 5.93. The van der Waals surface area contributed by atoms with Crippen molar-refractivity contribution in [2.24, 2.45) is 0 Å². The Hall–Kier alpha value is 0.0400. The summed E-state index contributed by atoms with van der Waals surface area (Å²) < 4.78 is 1.18. The van der Waals surface area contributed by atoms with Crippen LogP contribution < -0.4 is 0 Å². The van der Waals surface area contributed by atoms with Gasteiger partial charge < -0.3 is 0 Å². The normalized spacial score (nSPS) is 12.5. The van der Waals surface area contributed by atoms with Gasteiger partial charge in [0, 0.05) is 13.6 Å². The van der Waals surface area contributed by atoms with Gasteiger partial charge in [0.05, 0.1) is 5.38 Å². The quantitative estimate of drug-likeness (QED) is 0.435. The Kier molecular flexibility index (Phi) is 4.59. The molecule has 0 spiro atoms. The van der Waals surface area contributed by atoms with Gasteiger partial charge in [-0.05, 0) is 58.0 Å². The van der Waals surface area contributed by atoms with Crippen LogP contribution in [0.5, 0.6) is 0 Å². The van der Waals surface area contributed by atoms with Crippen molar-refractivity contribution in [3.63, 3.8) is 0 Å². The summed E-state index contributed by atoms with van der Waals surface area (Å²) in [4.78, 5) is 0. The molecule has 0 aliphatic rings. The molecule has 4 heteroatoms. The van der Waals surface area contributed by atoms with Crippen molar-refractivity contribution < 1.29 is 0 Å². The highest BCUT2D eigenvalue weighted by Gasteiger charge is 2.14. The van der Waals surface area contributed by atoms with E-state index in [2.05, 4.69) is 22.6 Å². The number of alkyl halides is 1. The second-order valence-electron chi connectivity index (χ2n) is 3.58. The highest BCUT2D eigenvalue weighted by Crippen LogP contribution is 2.34. The number of hydrogen-bond acceptors (Lipinski definition) is 0. The largest absolute Gasteiger partial charge is 0.113 e. The van der Waals surface area contributed by atoms with Crippen molar-refractivity contribution >= 4 is 57.4 Å². The van der Waals surface area contributed by atoms with Crippen LogP contribution in [-0.2, 0) is 0 Å². The maximum Gasteiger partial charge on any atom is 0.0849 e. The van der Waals surface area contributed by atoms with E-state index in [1.807, 2.05) is 30.3 Å². The van der Waals surface area contributed by atoms with E-state index in [0.29, 0.717) is 10.0 Å². The molecule has 0 N–H and O–H groups in total. The van der Waals surface area contributed by atoms with Crippen LogP contribution in [0.1, 0.15) is 16.5 Å². The summed E-state index contributed by atoms with van der Waals surface area (Å²) in [5, 5.41) is 0.957. The van der Waals surface area contributed by atoms with E-state index in [1.165, 1.54) is 3.57 Å². The van der Waals surface area contributed by atoms with Crippen molar-refractivity contribution in [1.29, 1.82) is 0 Å². The van der Waals surface area contributed by atoms with Gasteiger partial charge in [0.15, 0.2) is 0 Å². The Balaban J connectivity index is 2.36. The van der Waals surface area contributed by atoms with Gasteiger partial charge in [-0.2, -0.15) is 0 Å². The summed E-state index contributed by atoms with van der Waals surface area (Å²) in [6.45, 7) is 0. The molecule has 0 aliphatic carbocycles. The van der Waals surface area contributed by atoms with Gasteiger partial charge >= 0.3 is 0 Å². The Morgan fingerprint density at radius 1 is 0.941 bits per heavy atom. The van der Waals surface area contributed by atoms with E-state index in [9.17, 15) is 0 Å². The molecule has 17 heavy (non-hydrogen) atoms. The number of rotatable bonds is 2. The summed E-state index contributed by atoms with van der Waals surface area (Å²) in [6.07, 6.45) is 0. The fourth-order valence-electron chi connectivity index (χ4n) is 1.52. The second-order valence-corrected chi connectivity index (χ2v) is 6.11. The molecule has 88 valence electrons. The van der Waals surface area contributed by atoms with Gasteiger partial charge in [-0.3, -0.25) is 0 Å². The fourth-order valence-corrected chi connectivity index (χ4v) is 2.79. The summed E-state index contributed by atoms with van der Waals surface area (Å²) in [5.74, 6) is 0. The second kappa shape index (κ2) is 5.79. The number of hydrogen-bond donors (Lipinski definition) is 0. The molecule has 0 saturated carbocycles. The van der Waals surface area contributed by atoms with Crippen LogP contribution >= 0.6 is 57.4 Å². The van der Waals surface area contributed by atoms with Crippen molar-refractivity contribution in [2.45, 2.75) is 5.38 Å². The van der Waals surface area contributed by atoms with Gasteiger partial charge in [-0.1, -0.05) is 41.4 Å². The van der Waals surface area contributed by atoms with Crippen molar-refractivity contribution in [3.8, 4) is 0 Å². The minimum atomic E-state index is -0.253. The average Bonchev–Trinajstić information content (AvgIpc) is 2.29. The van der Waals surface area contributed by atoms with Gasteiger partial charge in [0.1, 0.15) is 0 Å². The third-order valence-corrected chi connectivity index (χ3v) is 4.17. The topological polar surface area (TPSA) is 0 Å². The molecule has 0 fully saturated rings. The predicted molar refractivity (Wildman–Crippen MR) is 83.3 cm³/mol. The molecular formula is C13H8Cl3I. The molecule has 1 atom stereocenters. The van der Waals surface area contributed by atoms with Crippen LogP contribution in [0.4, 0.5) is 0 Å². The fraction of sp³-hybridized carbons (Fsp3) is 0.0769. The maximum atomic E-state index is 6.41. The van der Waals surface area contributed by atoms with E-state index in [1.54, 1.807) is 12.1 Å². The Bertz CT molecular complexity index is 523. The molecular weight excluding hydrogens is 389 g/mol. The first-order chi connectivity index (χ1) is 8.08. The lowest BCUT2D eigenvalue weighted by Gasteiger charge is -2.12. The molecule has 0 bridgehead atoms. The van der Waals surface area contributed by atoms with Crippen molar-refractivity contribution in [1.82, 2.24) is 0 Å². The Morgan fingerprint density at radius 3 is 2.18 bits per heavy atom.